The zero-order valence-corrected chi connectivity index (χ0v) is 16.5. The van der Waals surface area contributed by atoms with E-state index in [4.69, 9.17) is 0 Å². The number of aromatic nitrogens is 1. The van der Waals surface area contributed by atoms with Crippen molar-refractivity contribution in [2.75, 3.05) is 6.54 Å². The fourth-order valence-electron chi connectivity index (χ4n) is 2.68. The average molecular weight is 375 g/mol. The second-order valence-electron chi connectivity index (χ2n) is 6.97. The topological polar surface area (TPSA) is 76.1 Å². The molecule has 0 aliphatic heterocycles. The molecule has 0 aliphatic rings. The number of carbonyl (C=O) groups excluding carboxylic acids is 1. The van der Waals surface area contributed by atoms with Gasteiger partial charge in [-0.25, -0.2) is 8.42 Å². The van der Waals surface area contributed by atoms with Crippen molar-refractivity contribution in [1.29, 1.82) is 0 Å². The smallest absolute Gasteiger partial charge is 0.220 e. The van der Waals surface area contributed by atoms with Crippen LogP contribution >= 0.6 is 0 Å². The van der Waals surface area contributed by atoms with E-state index in [1.807, 2.05) is 27.7 Å². The molecular formula is C20H26N2O3S. The highest BCUT2D eigenvalue weighted by molar-refractivity contribution is 7.91. The van der Waals surface area contributed by atoms with Gasteiger partial charge >= 0.3 is 0 Å². The van der Waals surface area contributed by atoms with Crippen molar-refractivity contribution in [3.8, 4) is 0 Å². The lowest BCUT2D eigenvalue weighted by atomic mass is 10.1. The average Bonchev–Trinajstić information content (AvgIpc) is 2.57. The summed E-state index contributed by atoms with van der Waals surface area (Å²) < 4.78 is 26.5. The molecule has 0 aliphatic carbocycles. The lowest BCUT2D eigenvalue weighted by molar-refractivity contribution is -0.121. The Morgan fingerprint density at radius 1 is 1.15 bits per heavy atom. The summed E-state index contributed by atoms with van der Waals surface area (Å²) >= 11 is 0. The maximum atomic E-state index is 13.3. The van der Waals surface area contributed by atoms with Gasteiger partial charge in [0.15, 0.2) is 9.84 Å². The number of pyridine rings is 1. The number of rotatable bonds is 7. The van der Waals surface area contributed by atoms with Crippen LogP contribution in [0.1, 0.15) is 42.2 Å². The molecule has 1 aromatic heterocycles. The summed E-state index contributed by atoms with van der Waals surface area (Å²) in [7, 11) is -3.67. The minimum atomic E-state index is -3.67. The van der Waals surface area contributed by atoms with Crippen molar-refractivity contribution >= 4 is 15.7 Å². The third kappa shape index (κ3) is 4.91. The number of amides is 1. The Hall–Kier alpha value is -2.21. The van der Waals surface area contributed by atoms with Crippen LogP contribution in [0.25, 0.3) is 0 Å². The van der Waals surface area contributed by atoms with Gasteiger partial charge in [-0.2, -0.15) is 0 Å². The molecule has 0 bridgehead atoms. The van der Waals surface area contributed by atoms with Crippen LogP contribution in [-0.2, 0) is 14.6 Å². The first-order valence-corrected chi connectivity index (χ1v) is 10.2. The minimum Gasteiger partial charge on any atom is -0.354 e. The number of carbonyl (C=O) groups is 1. The largest absolute Gasteiger partial charge is 0.354 e. The molecular weight excluding hydrogens is 348 g/mol. The lowest BCUT2D eigenvalue weighted by Gasteiger charge is -2.19. The van der Waals surface area contributed by atoms with Gasteiger partial charge in [-0.05, 0) is 54.7 Å². The molecule has 1 heterocycles. The third-order valence-corrected chi connectivity index (χ3v) is 6.41. The summed E-state index contributed by atoms with van der Waals surface area (Å²) in [4.78, 5) is 16.3. The number of benzene rings is 1. The zero-order chi connectivity index (χ0) is 19.3. The van der Waals surface area contributed by atoms with Crippen LogP contribution in [0.3, 0.4) is 0 Å². The van der Waals surface area contributed by atoms with E-state index in [0.717, 1.165) is 11.1 Å². The van der Waals surface area contributed by atoms with Gasteiger partial charge in [-0.1, -0.05) is 26.0 Å². The maximum Gasteiger partial charge on any atom is 0.220 e. The van der Waals surface area contributed by atoms with E-state index in [-0.39, 0.29) is 23.3 Å². The highest BCUT2D eigenvalue weighted by Crippen LogP contribution is 2.29. The van der Waals surface area contributed by atoms with E-state index in [9.17, 15) is 13.2 Å². The summed E-state index contributed by atoms with van der Waals surface area (Å²) in [5, 5.41) is 1.89. The van der Waals surface area contributed by atoms with Gasteiger partial charge in [-0.15, -0.1) is 0 Å². The Morgan fingerprint density at radius 2 is 1.88 bits per heavy atom. The molecule has 2 rings (SSSR count). The van der Waals surface area contributed by atoms with Gasteiger partial charge in [0.05, 0.1) is 4.90 Å². The molecule has 6 heteroatoms. The third-order valence-electron chi connectivity index (χ3n) is 4.32. The maximum absolute atomic E-state index is 13.3. The van der Waals surface area contributed by atoms with E-state index in [0.29, 0.717) is 12.0 Å². The van der Waals surface area contributed by atoms with Crippen molar-refractivity contribution in [2.45, 2.75) is 44.3 Å². The van der Waals surface area contributed by atoms with E-state index >= 15 is 0 Å². The minimum absolute atomic E-state index is 0.0203. The number of hydrogen-bond acceptors (Lipinski definition) is 4. The quantitative estimate of drug-likeness (QED) is 0.806. The van der Waals surface area contributed by atoms with Gasteiger partial charge in [0.25, 0.3) is 0 Å². The van der Waals surface area contributed by atoms with E-state index < -0.39 is 15.1 Å². The fraction of sp³-hybridized carbons (Fsp3) is 0.400. The number of hydrogen-bond donors (Lipinski definition) is 1. The number of aryl methyl sites for hydroxylation is 2. The van der Waals surface area contributed by atoms with Crippen LogP contribution in [-0.4, -0.2) is 25.9 Å². The molecule has 0 radical (unpaired) electrons. The molecule has 26 heavy (non-hydrogen) atoms. The number of nitrogens with one attached hydrogen (secondary N) is 1. The molecule has 1 amide bonds. The normalized spacial score (nSPS) is 12.8. The van der Waals surface area contributed by atoms with Gasteiger partial charge in [0, 0.05) is 25.4 Å². The van der Waals surface area contributed by atoms with E-state index in [2.05, 4.69) is 10.3 Å². The summed E-state index contributed by atoms with van der Waals surface area (Å²) in [6.45, 7) is 7.74. The van der Waals surface area contributed by atoms with Crippen molar-refractivity contribution < 1.29 is 13.2 Å². The molecule has 0 spiro atoms. The second kappa shape index (κ2) is 8.45. The first-order chi connectivity index (χ1) is 12.2. The predicted octanol–water partition coefficient (Wildman–Crippen LogP) is 3.38. The van der Waals surface area contributed by atoms with Crippen LogP contribution < -0.4 is 5.32 Å². The van der Waals surface area contributed by atoms with Gasteiger partial charge < -0.3 is 5.32 Å². The van der Waals surface area contributed by atoms with Crippen molar-refractivity contribution in [1.82, 2.24) is 10.3 Å². The molecule has 0 saturated carbocycles. The Balaban J connectivity index is 2.36. The first kappa shape index (κ1) is 20.1. The van der Waals surface area contributed by atoms with Crippen LogP contribution in [0, 0.1) is 19.8 Å². The SMILES string of the molecule is Cc1ccc(S(=O)(=O)[C@@H](CNC(=O)CC(C)C)c2cccnc2)cc1C. The van der Waals surface area contributed by atoms with Crippen LogP contribution in [0.5, 0.6) is 0 Å². The van der Waals surface area contributed by atoms with Gasteiger partial charge in [0.2, 0.25) is 5.91 Å². The van der Waals surface area contributed by atoms with E-state index in [1.54, 1.807) is 36.5 Å². The molecule has 0 unspecified atom stereocenters. The molecule has 1 aromatic carbocycles. The molecule has 1 N–H and O–H groups in total. The molecule has 0 fully saturated rings. The van der Waals surface area contributed by atoms with E-state index in [1.165, 1.54) is 6.20 Å². The Bertz CT molecular complexity index is 862. The van der Waals surface area contributed by atoms with Crippen LogP contribution in [0.15, 0.2) is 47.6 Å². The number of sulfone groups is 1. The van der Waals surface area contributed by atoms with Crippen LogP contribution in [0.2, 0.25) is 0 Å². The molecule has 2 aromatic rings. The summed E-state index contributed by atoms with van der Waals surface area (Å²) in [5.74, 6) is 0.0624. The summed E-state index contributed by atoms with van der Waals surface area (Å²) in [6.07, 6.45) is 3.50. The second-order valence-corrected chi connectivity index (χ2v) is 9.10. The lowest BCUT2D eigenvalue weighted by Crippen LogP contribution is -2.32. The molecule has 1 atom stereocenters. The molecule has 5 nitrogen and oxygen atoms in total. The van der Waals surface area contributed by atoms with Crippen molar-refractivity contribution in [3.63, 3.8) is 0 Å². The molecule has 0 saturated heterocycles. The standard InChI is InChI=1S/C20H26N2O3S/c1-14(2)10-20(23)22-13-19(17-6-5-9-21-12-17)26(24,25)18-8-7-15(3)16(4)11-18/h5-9,11-12,14,19H,10,13H2,1-4H3,(H,22,23)/t19-/m0/s1. The zero-order valence-electron chi connectivity index (χ0n) is 15.7. The van der Waals surface area contributed by atoms with Gasteiger partial charge in [0.1, 0.15) is 5.25 Å². The summed E-state index contributed by atoms with van der Waals surface area (Å²) in [5.41, 5.74) is 2.52. The number of nitrogens with zero attached hydrogens (tertiary/aromatic N) is 1. The monoisotopic (exact) mass is 374 g/mol. The first-order valence-electron chi connectivity index (χ1n) is 8.69. The van der Waals surface area contributed by atoms with Crippen LogP contribution in [0.4, 0.5) is 0 Å². The summed E-state index contributed by atoms with van der Waals surface area (Å²) in [6, 6.07) is 8.54. The predicted molar refractivity (Wildman–Crippen MR) is 103 cm³/mol. The molecule has 140 valence electrons. The van der Waals surface area contributed by atoms with Crippen molar-refractivity contribution in [2.24, 2.45) is 5.92 Å². The van der Waals surface area contributed by atoms with Crippen molar-refractivity contribution in [3.05, 3.63) is 59.4 Å². The highest BCUT2D eigenvalue weighted by atomic mass is 32.2. The van der Waals surface area contributed by atoms with Gasteiger partial charge in [-0.3, -0.25) is 9.78 Å². The fourth-order valence-corrected chi connectivity index (χ4v) is 4.41. The highest BCUT2D eigenvalue weighted by Gasteiger charge is 2.30. The Labute approximate surface area is 155 Å². The Morgan fingerprint density at radius 3 is 2.46 bits per heavy atom. The Kier molecular flexibility index (Phi) is 6.53.